The number of hydrogen-bond acceptors (Lipinski definition) is 2. The fourth-order valence-electron chi connectivity index (χ4n) is 0.589. The highest BCUT2D eigenvalue weighted by atomic mass is 19.1. The SMILES string of the molecule is C/C(F)=C\CNC(=O)OC(C)(C)C. The van der Waals surface area contributed by atoms with Gasteiger partial charge in [0.1, 0.15) is 5.60 Å². The van der Waals surface area contributed by atoms with Crippen LogP contribution in [-0.4, -0.2) is 18.2 Å². The first-order valence-electron chi connectivity index (χ1n) is 4.10. The Morgan fingerprint density at radius 2 is 2.08 bits per heavy atom. The van der Waals surface area contributed by atoms with Crippen molar-refractivity contribution in [2.24, 2.45) is 0 Å². The van der Waals surface area contributed by atoms with Crippen molar-refractivity contribution in [2.45, 2.75) is 33.3 Å². The first-order chi connectivity index (χ1) is 5.81. The van der Waals surface area contributed by atoms with Crippen LogP contribution < -0.4 is 5.32 Å². The van der Waals surface area contributed by atoms with Gasteiger partial charge in [-0.15, -0.1) is 0 Å². The van der Waals surface area contributed by atoms with Gasteiger partial charge in [-0.2, -0.15) is 0 Å². The summed E-state index contributed by atoms with van der Waals surface area (Å²) < 4.78 is 17.1. The van der Waals surface area contributed by atoms with E-state index in [4.69, 9.17) is 4.74 Å². The topological polar surface area (TPSA) is 38.3 Å². The summed E-state index contributed by atoms with van der Waals surface area (Å²) in [6, 6.07) is 0. The molecule has 0 aliphatic rings. The summed E-state index contributed by atoms with van der Waals surface area (Å²) in [5, 5.41) is 2.39. The number of hydrogen-bond donors (Lipinski definition) is 1. The molecule has 4 heteroatoms. The zero-order chi connectivity index (χ0) is 10.5. The first kappa shape index (κ1) is 11.9. The molecule has 1 N–H and O–H groups in total. The van der Waals surface area contributed by atoms with Crippen molar-refractivity contribution in [3.63, 3.8) is 0 Å². The van der Waals surface area contributed by atoms with E-state index in [1.165, 1.54) is 13.0 Å². The van der Waals surface area contributed by atoms with Crippen LogP contribution in [0.25, 0.3) is 0 Å². The van der Waals surface area contributed by atoms with Crippen molar-refractivity contribution in [3.8, 4) is 0 Å². The third-order valence-electron chi connectivity index (χ3n) is 1.03. The summed E-state index contributed by atoms with van der Waals surface area (Å²) in [4.78, 5) is 11.0. The highest BCUT2D eigenvalue weighted by Gasteiger charge is 2.14. The highest BCUT2D eigenvalue weighted by Crippen LogP contribution is 2.06. The lowest BCUT2D eigenvalue weighted by Crippen LogP contribution is -2.32. The number of nitrogens with one attached hydrogen (secondary N) is 1. The van der Waals surface area contributed by atoms with E-state index in [1.807, 2.05) is 0 Å². The van der Waals surface area contributed by atoms with Gasteiger partial charge in [0.05, 0.1) is 5.83 Å². The normalized spacial score (nSPS) is 12.5. The fraction of sp³-hybridized carbons (Fsp3) is 0.667. The Morgan fingerprint density at radius 1 is 1.54 bits per heavy atom. The number of halogens is 1. The Hall–Kier alpha value is -1.06. The van der Waals surface area contributed by atoms with E-state index >= 15 is 0 Å². The Balaban J connectivity index is 3.71. The standard InChI is InChI=1S/C9H16FNO2/c1-7(10)5-6-11-8(12)13-9(2,3)4/h5H,6H2,1-4H3,(H,11,12)/b7-5+. The second-order valence-electron chi connectivity index (χ2n) is 3.67. The average Bonchev–Trinajstić information content (AvgIpc) is 1.81. The van der Waals surface area contributed by atoms with Crippen LogP contribution in [0.15, 0.2) is 11.9 Å². The number of amides is 1. The Kier molecular flexibility index (Phi) is 4.45. The van der Waals surface area contributed by atoms with Gasteiger partial charge in [0.15, 0.2) is 0 Å². The van der Waals surface area contributed by atoms with Gasteiger partial charge in [-0.05, 0) is 33.8 Å². The second kappa shape index (κ2) is 4.84. The van der Waals surface area contributed by atoms with Crippen LogP contribution in [0.5, 0.6) is 0 Å². The molecule has 0 aliphatic carbocycles. The third kappa shape index (κ3) is 8.85. The van der Waals surface area contributed by atoms with Crippen molar-refractivity contribution in [3.05, 3.63) is 11.9 Å². The van der Waals surface area contributed by atoms with Crippen LogP contribution in [0.2, 0.25) is 0 Å². The van der Waals surface area contributed by atoms with Crippen LogP contribution in [-0.2, 0) is 4.74 Å². The van der Waals surface area contributed by atoms with E-state index in [-0.39, 0.29) is 12.4 Å². The van der Waals surface area contributed by atoms with E-state index in [0.29, 0.717) is 0 Å². The van der Waals surface area contributed by atoms with Crippen molar-refractivity contribution in [1.82, 2.24) is 5.32 Å². The highest BCUT2D eigenvalue weighted by molar-refractivity contribution is 5.67. The maximum atomic E-state index is 12.2. The number of alkyl carbamates (subject to hydrolysis) is 1. The summed E-state index contributed by atoms with van der Waals surface area (Å²) in [6.07, 6.45) is 0.731. The van der Waals surface area contributed by atoms with Gasteiger partial charge in [-0.1, -0.05) is 0 Å². The Labute approximate surface area is 78.0 Å². The predicted molar refractivity (Wildman–Crippen MR) is 49.1 cm³/mol. The molecule has 0 unspecified atom stereocenters. The van der Waals surface area contributed by atoms with E-state index in [0.717, 1.165) is 0 Å². The number of ether oxygens (including phenoxy) is 1. The molecule has 0 radical (unpaired) electrons. The van der Waals surface area contributed by atoms with E-state index < -0.39 is 11.7 Å². The van der Waals surface area contributed by atoms with Crippen LogP contribution in [0, 0.1) is 0 Å². The quantitative estimate of drug-likeness (QED) is 0.724. The van der Waals surface area contributed by atoms with Gasteiger partial charge < -0.3 is 10.1 Å². The van der Waals surface area contributed by atoms with E-state index in [1.54, 1.807) is 20.8 Å². The molecular formula is C9H16FNO2. The summed E-state index contributed by atoms with van der Waals surface area (Å²) in [5.74, 6) is -0.323. The minimum atomic E-state index is -0.537. The average molecular weight is 189 g/mol. The van der Waals surface area contributed by atoms with E-state index in [2.05, 4.69) is 5.32 Å². The van der Waals surface area contributed by atoms with Crippen molar-refractivity contribution < 1.29 is 13.9 Å². The molecule has 0 bridgehead atoms. The molecule has 0 rings (SSSR count). The lowest BCUT2D eigenvalue weighted by atomic mass is 10.2. The molecule has 0 spiro atoms. The molecule has 76 valence electrons. The molecule has 0 atom stereocenters. The lowest BCUT2D eigenvalue weighted by Gasteiger charge is -2.19. The molecule has 0 fully saturated rings. The van der Waals surface area contributed by atoms with E-state index in [9.17, 15) is 9.18 Å². The Morgan fingerprint density at radius 3 is 2.46 bits per heavy atom. The van der Waals surface area contributed by atoms with Crippen molar-refractivity contribution in [1.29, 1.82) is 0 Å². The number of rotatable bonds is 2. The van der Waals surface area contributed by atoms with Crippen LogP contribution in [0.1, 0.15) is 27.7 Å². The fourth-order valence-corrected chi connectivity index (χ4v) is 0.589. The minimum absolute atomic E-state index is 0.150. The van der Waals surface area contributed by atoms with Gasteiger partial charge in [-0.3, -0.25) is 0 Å². The smallest absolute Gasteiger partial charge is 0.407 e. The molecule has 0 aromatic rings. The minimum Gasteiger partial charge on any atom is -0.444 e. The molecule has 13 heavy (non-hydrogen) atoms. The largest absolute Gasteiger partial charge is 0.444 e. The maximum Gasteiger partial charge on any atom is 0.407 e. The van der Waals surface area contributed by atoms with Gasteiger partial charge in [0, 0.05) is 6.54 Å². The first-order valence-corrected chi connectivity index (χ1v) is 4.10. The molecular weight excluding hydrogens is 173 g/mol. The van der Waals surface area contributed by atoms with Crippen LogP contribution in [0.4, 0.5) is 9.18 Å². The number of carbonyl (C=O) groups is 1. The van der Waals surface area contributed by atoms with Gasteiger partial charge in [0.25, 0.3) is 0 Å². The molecule has 0 saturated heterocycles. The van der Waals surface area contributed by atoms with Crippen molar-refractivity contribution >= 4 is 6.09 Å². The number of allylic oxidation sites excluding steroid dienone is 1. The summed E-state index contributed by atoms with van der Waals surface area (Å²) in [6.45, 7) is 6.77. The molecule has 3 nitrogen and oxygen atoms in total. The lowest BCUT2D eigenvalue weighted by molar-refractivity contribution is 0.0534. The summed E-state index contributed by atoms with van der Waals surface area (Å²) in [5.41, 5.74) is -0.515. The monoisotopic (exact) mass is 189 g/mol. The van der Waals surface area contributed by atoms with Gasteiger partial charge in [-0.25, -0.2) is 9.18 Å². The molecule has 0 aromatic heterocycles. The summed E-state index contributed by atoms with van der Waals surface area (Å²) >= 11 is 0. The van der Waals surface area contributed by atoms with Crippen LogP contribution >= 0.6 is 0 Å². The van der Waals surface area contributed by atoms with Gasteiger partial charge >= 0.3 is 6.09 Å². The molecule has 0 heterocycles. The Bertz CT molecular complexity index is 202. The van der Waals surface area contributed by atoms with Gasteiger partial charge in [0.2, 0.25) is 0 Å². The zero-order valence-electron chi connectivity index (χ0n) is 8.48. The van der Waals surface area contributed by atoms with Crippen LogP contribution in [0.3, 0.4) is 0 Å². The summed E-state index contributed by atoms with van der Waals surface area (Å²) in [7, 11) is 0. The number of carbonyl (C=O) groups excluding carboxylic acids is 1. The van der Waals surface area contributed by atoms with Crippen molar-refractivity contribution in [2.75, 3.05) is 6.54 Å². The maximum absolute atomic E-state index is 12.2. The molecule has 0 aliphatic heterocycles. The second-order valence-corrected chi connectivity index (χ2v) is 3.67. The zero-order valence-corrected chi connectivity index (χ0v) is 8.48. The predicted octanol–water partition coefficient (Wildman–Crippen LogP) is 2.38. The molecule has 0 saturated carbocycles. The molecule has 0 aromatic carbocycles. The molecule has 1 amide bonds. The third-order valence-corrected chi connectivity index (χ3v) is 1.03.